The zero-order valence-electron chi connectivity index (χ0n) is 12.2. The molecule has 0 aliphatic carbocycles. The zero-order chi connectivity index (χ0) is 13.7. The van der Waals surface area contributed by atoms with E-state index in [0.717, 1.165) is 6.04 Å². The minimum atomic E-state index is -1.27. The van der Waals surface area contributed by atoms with Crippen molar-refractivity contribution in [3.05, 3.63) is 11.3 Å². The second-order valence-electron chi connectivity index (χ2n) is 6.65. The lowest BCUT2D eigenvalue weighted by Crippen LogP contribution is -2.25. The van der Waals surface area contributed by atoms with Crippen molar-refractivity contribution in [2.24, 2.45) is 0 Å². The van der Waals surface area contributed by atoms with E-state index in [4.69, 9.17) is 4.74 Å². The number of methoxy groups -OCH3 is 1. The first-order valence-electron chi connectivity index (χ1n) is 5.95. The van der Waals surface area contributed by atoms with Gasteiger partial charge in [-0.15, -0.1) is 0 Å². The summed E-state index contributed by atoms with van der Waals surface area (Å²) in [4.78, 5) is 11.0. The molecule has 0 aromatic rings. The molecule has 0 atom stereocenters. The molecule has 0 unspecified atom stereocenters. The van der Waals surface area contributed by atoms with Crippen LogP contribution < -0.4 is 0 Å². The molecule has 0 heterocycles. The minimum Gasteiger partial charge on any atom is -0.438 e. The Bertz CT molecular complexity index is 285. The van der Waals surface area contributed by atoms with Crippen LogP contribution in [0.2, 0.25) is 45.3 Å². The number of carbonyl (C=O) groups excluding carboxylic acids is 1. The van der Waals surface area contributed by atoms with Gasteiger partial charge in [0.15, 0.2) is 0 Å². The maximum atomic E-state index is 11.0. The van der Waals surface area contributed by atoms with Crippen LogP contribution in [-0.4, -0.2) is 36.0 Å². The maximum Gasteiger partial charge on any atom is 0.508 e. The highest BCUT2D eigenvalue weighted by molar-refractivity contribution is 6.81. The molecule has 17 heavy (non-hydrogen) atoms. The Balaban J connectivity index is 4.64. The lowest BCUT2D eigenvalue weighted by atomic mass is 10.4. The fourth-order valence-electron chi connectivity index (χ4n) is 1.65. The zero-order valence-corrected chi connectivity index (χ0v) is 14.2. The summed E-state index contributed by atoms with van der Waals surface area (Å²) in [5.74, 6) is 0. The van der Waals surface area contributed by atoms with E-state index >= 15 is 0 Å². The third-order valence-electron chi connectivity index (χ3n) is 1.94. The molecule has 5 heteroatoms. The van der Waals surface area contributed by atoms with Crippen LogP contribution >= 0.6 is 0 Å². The van der Waals surface area contributed by atoms with Gasteiger partial charge in [-0.2, -0.15) is 0 Å². The summed E-state index contributed by atoms with van der Waals surface area (Å²) in [7, 11) is -1.12. The average molecular weight is 275 g/mol. The van der Waals surface area contributed by atoms with Crippen LogP contribution in [0.15, 0.2) is 11.3 Å². The van der Waals surface area contributed by atoms with Gasteiger partial charge in [0.1, 0.15) is 6.61 Å². The first-order valence-corrected chi connectivity index (χ1v) is 13.2. The molecular formula is C12H26O3Si2. The smallest absolute Gasteiger partial charge is 0.438 e. The Morgan fingerprint density at radius 3 is 2.00 bits per heavy atom. The first kappa shape index (κ1) is 16.4. The summed E-state index contributed by atoms with van der Waals surface area (Å²) < 4.78 is 9.56. The van der Waals surface area contributed by atoms with Crippen molar-refractivity contribution >= 4 is 22.3 Å². The fourth-order valence-corrected chi connectivity index (χ4v) is 4.83. The highest BCUT2D eigenvalue weighted by atomic mass is 28.3. The number of hydrogen-bond donors (Lipinski definition) is 0. The number of ether oxygens (including phenoxy) is 2. The molecule has 0 saturated carbocycles. The fraction of sp³-hybridized carbons (Fsp3) is 0.750. The number of rotatable bonds is 5. The van der Waals surface area contributed by atoms with Gasteiger partial charge in [0.05, 0.1) is 15.2 Å². The maximum absolute atomic E-state index is 11.0. The highest BCUT2D eigenvalue weighted by Gasteiger charge is 2.19. The second kappa shape index (κ2) is 6.40. The van der Waals surface area contributed by atoms with E-state index in [1.54, 1.807) is 0 Å². The average Bonchev–Trinajstić information content (AvgIpc) is 2.08. The Morgan fingerprint density at radius 1 is 1.12 bits per heavy atom. The lowest BCUT2D eigenvalue weighted by molar-refractivity contribution is 0.0798. The molecule has 0 aromatic carbocycles. The normalized spacial score (nSPS) is 13.5. The molecule has 100 valence electrons. The predicted octanol–water partition coefficient (Wildman–Crippen LogP) is 3.91. The largest absolute Gasteiger partial charge is 0.508 e. The molecule has 3 nitrogen and oxygen atoms in total. The molecule has 0 rings (SSSR count). The van der Waals surface area contributed by atoms with Gasteiger partial charge < -0.3 is 9.47 Å². The van der Waals surface area contributed by atoms with Crippen LogP contribution in [-0.2, 0) is 9.47 Å². The molecule has 0 aromatic heterocycles. The van der Waals surface area contributed by atoms with Crippen LogP contribution in [0.4, 0.5) is 4.79 Å². The summed E-state index contributed by atoms with van der Waals surface area (Å²) in [6, 6.07) is 1.08. The van der Waals surface area contributed by atoms with Crippen molar-refractivity contribution in [2.45, 2.75) is 45.3 Å². The standard InChI is InChI=1S/C12H26O3Si2/c1-14-12(13)15-8-11(9-16(2,3)4)10-17(5,6)7/h9H,8,10H2,1-7H3/b11-9-. The SMILES string of the molecule is COC(=O)OC/C(=C/[Si](C)(C)C)C[Si](C)(C)C. The highest BCUT2D eigenvalue weighted by Crippen LogP contribution is 2.19. The van der Waals surface area contributed by atoms with Gasteiger partial charge in [-0.1, -0.05) is 45.0 Å². The van der Waals surface area contributed by atoms with E-state index in [-0.39, 0.29) is 0 Å². The molecule has 0 radical (unpaired) electrons. The Hall–Kier alpha value is -0.556. The quantitative estimate of drug-likeness (QED) is 0.563. The first-order chi connectivity index (χ1) is 7.53. The lowest BCUT2D eigenvalue weighted by Gasteiger charge is -2.21. The molecule has 0 N–H and O–H groups in total. The molecule has 0 aliphatic rings. The minimum absolute atomic E-state index is 0.376. The van der Waals surface area contributed by atoms with Crippen LogP contribution in [0.25, 0.3) is 0 Å². The summed E-state index contributed by atoms with van der Waals surface area (Å²) in [6.07, 6.45) is -0.595. The summed E-state index contributed by atoms with van der Waals surface area (Å²) in [5.41, 5.74) is 3.60. The van der Waals surface area contributed by atoms with Gasteiger partial charge in [-0.3, -0.25) is 0 Å². The summed E-state index contributed by atoms with van der Waals surface area (Å²) in [6.45, 7) is 14.2. The topological polar surface area (TPSA) is 35.5 Å². The number of hydrogen-bond acceptors (Lipinski definition) is 3. The molecule has 0 bridgehead atoms. The van der Waals surface area contributed by atoms with Crippen LogP contribution in [0.1, 0.15) is 0 Å². The van der Waals surface area contributed by atoms with Crippen LogP contribution in [0.3, 0.4) is 0 Å². The Kier molecular flexibility index (Phi) is 6.19. The van der Waals surface area contributed by atoms with Crippen molar-refractivity contribution in [1.29, 1.82) is 0 Å². The second-order valence-corrected chi connectivity index (χ2v) is 17.1. The molecule has 0 spiro atoms. The molecule has 0 amide bonds. The third kappa shape index (κ3) is 10.3. The van der Waals surface area contributed by atoms with Crippen LogP contribution in [0.5, 0.6) is 0 Å². The van der Waals surface area contributed by atoms with E-state index < -0.39 is 22.3 Å². The van der Waals surface area contributed by atoms with Crippen LogP contribution in [0, 0.1) is 0 Å². The monoisotopic (exact) mass is 274 g/mol. The van der Waals surface area contributed by atoms with Crippen molar-refractivity contribution in [3.63, 3.8) is 0 Å². The van der Waals surface area contributed by atoms with Gasteiger partial charge in [0, 0.05) is 8.07 Å². The third-order valence-corrected chi connectivity index (χ3v) is 4.73. The Morgan fingerprint density at radius 2 is 1.65 bits per heavy atom. The van der Waals surface area contributed by atoms with Crippen molar-refractivity contribution < 1.29 is 14.3 Å². The number of carbonyl (C=O) groups is 1. The predicted molar refractivity (Wildman–Crippen MR) is 77.9 cm³/mol. The van der Waals surface area contributed by atoms with Gasteiger partial charge in [-0.05, 0) is 11.6 Å². The molecule has 0 saturated heterocycles. The summed E-state index contributed by atoms with van der Waals surface area (Å²) >= 11 is 0. The van der Waals surface area contributed by atoms with Crippen molar-refractivity contribution in [1.82, 2.24) is 0 Å². The van der Waals surface area contributed by atoms with Gasteiger partial charge in [0.25, 0.3) is 0 Å². The van der Waals surface area contributed by atoms with Gasteiger partial charge in [-0.25, -0.2) is 4.79 Å². The van der Waals surface area contributed by atoms with Crippen molar-refractivity contribution in [3.8, 4) is 0 Å². The van der Waals surface area contributed by atoms with E-state index in [0.29, 0.717) is 6.61 Å². The Labute approximate surface area is 107 Å². The van der Waals surface area contributed by atoms with E-state index in [2.05, 4.69) is 49.7 Å². The van der Waals surface area contributed by atoms with Gasteiger partial charge >= 0.3 is 6.16 Å². The summed E-state index contributed by atoms with van der Waals surface area (Å²) in [5, 5.41) is 0. The van der Waals surface area contributed by atoms with E-state index in [1.165, 1.54) is 12.7 Å². The molecule has 0 aliphatic heterocycles. The van der Waals surface area contributed by atoms with Gasteiger partial charge in [0.2, 0.25) is 0 Å². The molecule has 0 fully saturated rings. The van der Waals surface area contributed by atoms with Crippen molar-refractivity contribution in [2.75, 3.05) is 13.7 Å². The van der Waals surface area contributed by atoms with E-state index in [1.807, 2.05) is 0 Å². The van der Waals surface area contributed by atoms with E-state index in [9.17, 15) is 4.79 Å². The molecular weight excluding hydrogens is 248 g/mol.